The molecule has 0 saturated heterocycles. The van der Waals surface area contributed by atoms with Gasteiger partial charge in [0.25, 0.3) is 0 Å². The Balaban J connectivity index is 2.68. The molecule has 0 fully saturated rings. The van der Waals surface area contributed by atoms with E-state index in [4.69, 9.17) is 0 Å². The standard InChI is InChI=1S/C6H7Br2N/c7-4-6-5(8)2-1-3-9-6/h2H,1,3-4H2. The molecule has 0 unspecified atom stereocenters. The Hall–Kier alpha value is 0.370. The van der Waals surface area contributed by atoms with E-state index in [2.05, 4.69) is 42.9 Å². The second-order valence-electron chi connectivity index (χ2n) is 1.80. The summed E-state index contributed by atoms with van der Waals surface area (Å²) in [6, 6.07) is 0. The summed E-state index contributed by atoms with van der Waals surface area (Å²) in [5.74, 6) is 0. The van der Waals surface area contributed by atoms with Crippen LogP contribution in [0.1, 0.15) is 6.42 Å². The third kappa shape index (κ3) is 1.90. The van der Waals surface area contributed by atoms with Gasteiger partial charge in [0.2, 0.25) is 0 Å². The molecular weight excluding hydrogens is 246 g/mol. The Kier molecular flexibility index (Phi) is 2.92. The van der Waals surface area contributed by atoms with Gasteiger partial charge in [-0.05, 0) is 22.4 Å². The molecular formula is C6H7Br2N. The van der Waals surface area contributed by atoms with Gasteiger partial charge in [-0.25, -0.2) is 0 Å². The summed E-state index contributed by atoms with van der Waals surface area (Å²) < 4.78 is 1.14. The Morgan fingerprint density at radius 3 is 2.89 bits per heavy atom. The van der Waals surface area contributed by atoms with Crippen LogP contribution in [-0.2, 0) is 0 Å². The van der Waals surface area contributed by atoms with Gasteiger partial charge in [0.15, 0.2) is 0 Å². The molecule has 9 heavy (non-hydrogen) atoms. The number of dihydropyridines is 1. The van der Waals surface area contributed by atoms with Gasteiger partial charge in [0.05, 0.1) is 5.71 Å². The minimum Gasteiger partial charge on any atom is -0.287 e. The summed E-state index contributed by atoms with van der Waals surface area (Å²) in [6.45, 7) is 0.941. The van der Waals surface area contributed by atoms with Gasteiger partial charge < -0.3 is 0 Å². The fourth-order valence-electron chi connectivity index (χ4n) is 0.690. The molecule has 0 aromatic rings. The number of rotatable bonds is 1. The molecule has 0 aromatic carbocycles. The van der Waals surface area contributed by atoms with Crippen molar-refractivity contribution in [3.05, 3.63) is 10.6 Å². The summed E-state index contributed by atoms with van der Waals surface area (Å²) in [5, 5.41) is 0.851. The van der Waals surface area contributed by atoms with E-state index in [0.717, 1.165) is 28.5 Å². The van der Waals surface area contributed by atoms with Gasteiger partial charge in [-0.3, -0.25) is 4.99 Å². The summed E-state index contributed by atoms with van der Waals surface area (Å²) >= 11 is 6.76. The summed E-state index contributed by atoms with van der Waals surface area (Å²) in [6.07, 6.45) is 3.22. The van der Waals surface area contributed by atoms with E-state index in [9.17, 15) is 0 Å². The first-order chi connectivity index (χ1) is 4.34. The number of halogens is 2. The van der Waals surface area contributed by atoms with Crippen LogP contribution in [0.25, 0.3) is 0 Å². The Morgan fingerprint density at radius 1 is 1.67 bits per heavy atom. The predicted octanol–water partition coefficient (Wildman–Crippen LogP) is 2.50. The lowest BCUT2D eigenvalue weighted by Crippen LogP contribution is -2.04. The summed E-state index contributed by atoms with van der Waals surface area (Å²) in [4.78, 5) is 4.28. The topological polar surface area (TPSA) is 12.4 Å². The molecule has 1 heterocycles. The molecule has 0 amide bonds. The Labute approximate surface area is 71.5 Å². The third-order valence-electron chi connectivity index (χ3n) is 1.16. The highest BCUT2D eigenvalue weighted by atomic mass is 79.9. The second kappa shape index (κ2) is 3.52. The largest absolute Gasteiger partial charge is 0.287 e. The number of nitrogens with zero attached hydrogens (tertiary/aromatic N) is 1. The van der Waals surface area contributed by atoms with Crippen LogP contribution in [0.15, 0.2) is 15.6 Å². The van der Waals surface area contributed by atoms with Crippen LogP contribution < -0.4 is 0 Å². The minimum absolute atomic E-state index is 0.851. The molecule has 0 aromatic heterocycles. The van der Waals surface area contributed by atoms with Crippen LogP contribution >= 0.6 is 31.9 Å². The average Bonchev–Trinajstić information content (AvgIpc) is 1.89. The molecule has 0 saturated carbocycles. The van der Waals surface area contributed by atoms with Gasteiger partial charge in [-0.2, -0.15) is 0 Å². The van der Waals surface area contributed by atoms with Crippen molar-refractivity contribution >= 4 is 37.6 Å². The first kappa shape index (κ1) is 7.48. The van der Waals surface area contributed by atoms with Gasteiger partial charge in [0, 0.05) is 16.4 Å². The number of hydrogen-bond acceptors (Lipinski definition) is 1. The molecule has 1 aliphatic rings. The lowest BCUT2D eigenvalue weighted by Gasteiger charge is -2.05. The summed E-state index contributed by atoms with van der Waals surface area (Å²) in [5.41, 5.74) is 1.13. The molecule has 3 heteroatoms. The lowest BCUT2D eigenvalue weighted by molar-refractivity contribution is 0.990. The van der Waals surface area contributed by atoms with Gasteiger partial charge >= 0.3 is 0 Å². The minimum atomic E-state index is 0.851. The highest BCUT2D eigenvalue weighted by Crippen LogP contribution is 2.14. The van der Waals surface area contributed by atoms with Crippen LogP contribution in [0, 0.1) is 0 Å². The number of hydrogen-bond donors (Lipinski definition) is 0. The van der Waals surface area contributed by atoms with E-state index in [1.54, 1.807) is 0 Å². The van der Waals surface area contributed by atoms with Gasteiger partial charge in [-0.15, -0.1) is 0 Å². The third-order valence-corrected chi connectivity index (χ3v) is 2.47. The van der Waals surface area contributed by atoms with E-state index >= 15 is 0 Å². The fraction of sp³-hybridized carbons (Fsp3) is 0.500. The lowest BCUT2D eigenvalue weighted by atomic mass is 10.2. The van der Waals surface area contributed by atoms with Crippen molar-refractivity contribution in [2.75, 3.05) is 11.9 Å². The van der Waals surface area contributed by atoms with E-state index in [1.165, 1.54) is 0 Å². The van der Waals surface area contributed by atoms with E-state index < -0.39 is 0 Å². The number of aliphatic imine (C=N–C) groups is 1. The van der Waals surface area contributed by atoms with Crippen molar-refractivity contribution in [2.24, 2.45) is 4.99 Å². The molecule has 1 rings (SSSR count). The molecule has 1 nitrogen and oxygen atoms in total. The Bertz CT molecular complexity index is 160. The van der Waals surface area contributed by atoms with E-state index in [1.807, 2.05) is 0 Å². The van der Waals surface area contributed by atoms with Crippen molar-refractivity contribution in [1.29, 1.82) is 0 Å². The van der Waals surface area contributed by atoms with Crippen LogP contribution in [-0.4, -0.2) is 17.6 Å². The highest BCUT2D eigenvalue weighted by molar-refractivity contribution is 9.12. The maximum atomic E-state index is 4.28. The molecule has 0 spiro atoms. The fourth-order valence-corrected chi connectivity index (χ4v) is 2.04. The average molecular weight is 253 g/mol. The van der Waals surface area contributed by atoms with Crippen molar-refractivity contribution in [3.63, 3.8) is 0 Å². The second-order valence-corrected chi connectivity index (χ2v) is 3.22. The smallest absolute Gasteiger partial charge is 0.0592 e. The molecule has 0 N–H and O–H groups in total. The number of alkyl halides is 1. The maximum absolute atomic E-state index is 4.28. The molecule has 50 valence electrons. The molecule has 0 radical (unpaired) electrons. The molecule has 0 atom stereocenters. The SMILES string of the molecule is BrCC1=NCCC=C1Br. The molecule has 1 aliphatic heterocycles. The predicted molar refractivity (Wildman–Crippen MR) is 47.7 cm³/mol. The quantitative estimate of drug-likeness (QED) is 0.636. The zero-order valence-electron chi connectivity index (χ0n) is 4.90. The van der Waals surface area contributed by atoms with Gasteiger partial charge in [-0.1, -0.05) is 22.0 Å². The van der Waals surface area contributed by atoms with Crippen LogP contribution in [0.3, 0.4) is 0 Å². The summed E-state index contributed by atoms with van der Waals surface area (Å²) in [7, 11) is 0. The zero-order valence-corrected chi connectivity index (χ0v) is 8.07. The first-order valence-corrected chi connectivity index (χ1v) is 4.71. The zero-order chi connectivity index (χ0) is 6.69. The monoisotopic (exact) mass is 251 g/mol. The van der Waals surface area contributed by atoms with Gasteiger partial charge in [0.1, 0.15) is 0 Å². The van der Waals surface area contributed by atoms with Crippen LogP contribution in [0.4, 0.5) is 0 Å². The van der Waals surface area contributed by atoms with Crippen LogP contribution in [0.2, 0.25) is 0 Å². The molecule has 0 aliphatic carbocycles. The van der Waals surface area contributed by atoms with E-state index in [0.29, 0.717) is 0 Å². The van der Waals surface area contributed by atoms with Crippen LogP contribution in [0.5, 0.6) is 0 Å². The van der Waals surface area contributed by atoms with Crippen molar-refractivity contribution in [1.82, 2.24) is 0 Å². The maximum Gasteiger partial charge on any atom is 0.0592 e. The number of allylic oxidation sites excluding steroid dienone is 1. The van der Waals surface area contributed by atoms with Crippen molar-refractivity contribution in [2.45, 2.75) is 6.42 Å². The highest BCUT2D eigenvalue weighted by Gasteiger charge is 2.04. The van der Waals surface area contributed by atoms with E-state index in [-0.39, 0.29) is 0 Å². The van der Waals surface area contributed by atoms with Crippen molar-refractivity contribution in [3.8, 4) is 0 Å². The Morgan fingerprint density at radius 2 is 2.44 bits per heavy atom. The first-order valence-electron chi connectivity index (χ1n) is 2.80. The van der Waals surface area contributed by atoms with Crippen molar-refractivity contribution < 1.29 is 0 Å². The normalized spacial score (nSPS) is 18.9. The molecule has 0 bridgehead atoms.